The van der Waals surface area contributed by atoms with Gasteiger partial charge < -0.3 is 10.1 Å². The van der Waals surface area contributed by atoms with Crippen LogP contribution >= 0.6 is 0 Å². The van der Waals surface area contributed by atoms with E-state index in [-0.39, 0.29) is 6.10 Å². The van der Waals surface area contributed by atoms with Crippen molar-refractivity contribution in [1.29, 1.82) is 0 Å². The van der Waals surface area contributed by atoms with Crippen LogP contribution in [0.5, 0.6) is 5.75 Å². The van der Waals surface area contributed by atoms with Crippen molar-refractivity contribution in [3.05, 3.63) is 29.8 Å². The van der Waals surface area contributed by atoms with Crippen molar-refractivity contribution in [3.63, 3.8) is 0 Å². The molecule has 1 aromatic carbocycles. The van der Waals surface area contributed by atoms with E-state index in [4.69, 9.17) is 4.74 Å². The Bertz CT molecular complexity index is 397. The average molecular weight is 263 g/mol. The fourth-order valence-corrected chi connectivity index (χ4v) is 2.38. The van der Waals surface area contributed by atoms with Crippen molar-refractivity contribution in [2.75, 3.05) is 13.6 Å². The quantitative estimate of drug-likeness (QED) is 0.734. The van der Waals surface area contributed by atoms with Crippen molar-refractivity contribution in [2.24, 2.45) is 0 Å². The van der Waals surface area contributed by atoms with Gasteiger partial charge in [-0.05, 0) is 32.9 Å². The van der Waals surface area contributed by atoms with Gasteiger partial charge in [0.2, 0.25) is 0 Å². The van der Waals surface area contributed by atoms with Crippen molar-refractivity contribution >= 4 is 0 Å². The largest absolute Gasteiger partial charge is 0.490 e. The molecule has 1 aliphatic rings. The van der Waals surface area contributed by atoms with Crippen LogP contribution in [0.1, 0.15) is 38.3 Å². The number of hydrogen-bond acceptors (Lipinski definition) is 4. The number of para-hydroxylation sites is 1. The van der Waals surface area contributed by atoms with Gasteiger partial charge in [0, 0.05) is 18.2 Å². The third-order valence-electron chi connectivity index (χ3n) is 3.63. The van der Waals surface area contributed by atoms with Gasteiger partial charge >= 0.3 is 0 Å². The maximum atomic E-state index is 6.02. The molecule has 19 heavy (non-hydrogen) atoms. The van der Waals surface area contributed by atoms with E-state index < -0.39 is 0 Å². The summed E-state index contributed by atoms with van der Waals surface area (Å²) in [4.78, 5) is 0. The first kappa shape index (κ1) is 14.3. The molecule has 1 saturated heterocycles. The predicted octanol–water partition coefficient (Wildman–Crippen LogP) is 1.99. The number of benzene rings is 1. The third kappa shape index (κ3) is 3.69. The van der Waals surface area contributed by atoms with Gasteiger partial charge in [0.15, 0.2) is 0 Å². The summed E-state index contributed by atoms with van der Waals surface area (Å²) in [6.45, 7) is 5.23. The molecule has 3 N–H and O–H groups in total. The van der Waals surface area contributed by atoms with Gasteiger partial charge in [-0.15, -0.1) is 0 Å². The highest BCUT2D eigenvalue weighted by atomic mass is 16.5. The Morgan fingerprint density at radius 1 is 1.37 bits per heavy atom. The molecule has 0 aliphatic carbocycles. The van der Waals surface area contributed by atoms with Crippen LogP contribution in [0.4, 0.5) is 0 Å². The highest BCUT2D eigenvalue weighted by molar-refractivity contribution is 5.36. The number of likely N-dealkylation sites (N-methyl/N-ethyl adjacent to an activating group) is 1. The van der Waals surface area contributed by atoms with Crippen molar-refractivity contribution in [3.8, 4) is 5.75 Å². The van der Waals surface area contributed by atoms with E-state index in [2.05, 4.69) is 48.2 Å². The van der Waals surface area contributed by atoms with Gasteiger partial charge in [0.25, 0.3) is 0 Å². The molecule has 2 rings (SSSR count). The van der Waals surface area contributed by atoms with E-state index in [1.807, 2.05) is 13.1 Å². The number of ether oxygens (including phenoxy) is 1. The molecule has 0 radical (unpaired) electrons. The topological polar surface area (TPSA) is 45.3 Å². The van der Waals surface area contributed by atoms with E-state index in [1.165, 1.54) is 5.56 Å². The molecule has 0 aromatic heterocycles. The zero-order valence-corrected chi connectivity index (χ0v) is 12.1. The average Bonchev–Trinajstić information content (AvgIpc) is 2.88. The molecule has 1 aliphatic heterocycles. The maximum absolute atomic E-state index is 6.02. The lowest BCUT2D eigenvalue weighted by Gasteiger charge is -2.19. The molecule has 0 bridgehead atoms. The lowest BCUT2D eigenvalue weighted by molar-refractivity contribution is 0.213. The monoisotopic (exact) mass is 263 g/mol. The molecule has 4 heteroatoms. The van der Waals surface area contributed by atoms with Gasteiger partial charge in [-0.25, -0.2) is 5.43 Å². The SMILES string of the molecule is CCC(C)Oc1ccccc1C1CC(CNC)NN1. The second-order valence-electron chi connectivity index (χ2n) is 5.21. The lowest BCUT2D eigenvalue weighted by Crippen LogP contribution is -2.36. The maximum Gasteiger partial charge on any atom is 0.124 e. The number of hydrogen-bond donors (Lipinski definition) is 3. The molecule has 4 nitrogen and oxygen atoms in total. The molecule has 1 heterocycles. The van der Waals surface area contributed by atoms with Gasteiger partial charge in [-0.3, -0.25) is 5.43 Å². The van der Waals surface area contributed by atoms with Gasteiger partial charge in [0.05, 0.1) is 12.1 Å². The number of nitrogens with one attached hydrogen (secondary N) is 3. The zero-order valence-electron chi connectivity index (χ0n) is 12.1. The fourth-order valence-electron chi connectivity index (χ4n) is 2.38. The van der Waals surface area contributed by atoms with E-state index in [9.17, 15) is 0 Å². The standard InChI is InChI=1S/C15H25N3O/c1-4-11(2)19-15-8-6-5-7-13(15)14-9-12(10-16-3)17-18-14/h5-8,11-12,14,16-18H,4,9-10H2,1-3H3. The fraction of sp³-hybridized carbons (Fsp3) is 0.600. The summed E-state index contributed by atoms with van der Waals surface area (Å²) in [7, 11) is 1.98. The number of rotatable bonds is 6. The van der Waals surface area contributed by atoms with Crippen LogP contribution in [0, 0.1) is 0 Å². The predicted molar refractivity (Wildman–Crippen MR) is 78.2 cm³/mol. The highest BCUT2D eigenvalue weighted by Crippen LogP contribution is 2.30. The summed E-state index contributed by atoms with van der Waals surface area (Å²) in [6, 6.07) is 9.11. The summed E-state index contributed by atoms with van der Waals surface area (Å²) in [6.07, 6.45) is 2.35. The molecule has 1 fully saturated rings. The summed E-state index contributed by atoms with van der Waals surface area (Å²) in [5, 5.41) is 3.20. The van der Waals surface area contributed by atoms with Crippen LogP contribution < -0.4 is 20.9 Å². The minimum atomic E-state index is 0.253. The normalized spacial score (nSPS) is 24.4. The molecule has 3 unspecified atom stereocenters. The van der Waals surface area contributed by atoms with Crippen LogP contribution in [-0.4, -0.2) is 25.7 Å². The molecule has 106 valence electrons. The number of hydrazine groups is 1. The Labute approximate surface area is 115 Å². The van der Waals surface area contributed by atoms with E-state index in [0.717, 1.165) is 25.1 Å². The minimum Gasteiger partial charge on any atom is -0.490 e. The van der Waals surface area contributed by atoms with E-state index in [0.29, 0.717) is 12.1 Å². The lowest BCUT2D eigenvalue weighted by atomic mass is 10.0. The molecular weight excluding hydrogens is 238 g/mol. The Kier molecular flexibility index (Phi) is 5.19. The smallest absolute Gasteiger partial charge is 0.124 e. The Morgan fingerprint density at radius 3 is 2.89 bits per heavy atom. The van der Waals surface area contributed by atoms with Crippen molar-refractivity contribution in [1.82, 2.24) is 16.2 Å². The first-order valence-corrected chi connectivity index (χ1v) is 7.15. The van der Waals surface area contributed by atoms with Gasteiger partial charge in [-0.2, -0.15) is 0 Å². The van der Waals surface area contributed by atoms with E-state index >= 15 is 0 Å². The van der Waals surface area contributed by atoms with Crippen LogP contribution in [0.2, 0.25) is 0 Å². The van der Waals surface area contributed by atoms with Crippen LogP contribution in [-0.2, 0) is 0 Å². The first-order chi connectivity index (χ1) is 9.24. The van der Waals surface area contributed by atoms with Crippen molar-refractivity contribution < 1.29 is 4.74 Å². The van der Waals surface area contributed by atoms with Gasteiger partial charge in [-0.1, -0.05) is 25.1 Å². The Balaban J connectivity index is 2.07. The van der Waals surface area contributed by atoms with Gasteiger partial charge in [0.1, 0.15) is 5.75 Å². The summed E-state index contributed by atoms with van der Waals surface area (Å²) >= 11 is 0. The second kappa shape index (κ2) is 6.89. The molecular formula is C15H25N3O. The minimum absolute atomic E-state index is 0.253. The zero-order chi connectivity index (χ0) is 13.7. The van der Waals surface area contributed by atoms with Crippen molar-refractivity contribution in [2.45, 2.75) is 44.9 Å². The Morgan fingerprint density at radius 2 is 2.16 bits per heavy atom. The van der Waals surface area contributed by atoms with Crippen LogP contribution in [0.3, 0.4) is 0 Å². The van der Waals surface area contributed by atoms with E-state index in [1.54, 1.807) is 0 Å². The molecule has 0 amide bonds. The summed E-state index contributed by atoms with van der Waals surface area (Å²) < 4.78 is 6.02. The first-order valence-electron chi connectivity index (χ1n) is 7.15. The molecule has 3 atom stereocenters. The third-order valence-corrected chi connectivity index (χ3v) is 3.63. The van der Waals surface area contributed by atoms with Crippen LogP contribution in [0.15, 0.2) is 24.3 Å². The summed E-state index contributed by atoms with van der Waals surface area (Å²) in [5.74, 6) is 1.00. The molecule has 0 saturated carbocycles. The highest BCUT2D eigenvalue weighted by Gasteiger charge is 2.26. The Hall–Kier alpha value is -1.10. The molecule has 0 spiro atoms. The second-order valence-corrected chi connectivity index (χ2v) is 5.21. The van der Waals surface area contributed by atoms with Crippen LogP contribution in [0.25, 0.3) is 0 Å². The molecule has 1 aromatic rings. The summed E-state index contributed by atoms with van der Waals surface area (Å²) in [5.41, 5.74) is 7.95.